The molecule has 0 aliphatic heterocycles. The Bertz CT molecular complexity index is 530. The summed E-state index contributed by atoms with van der Waals surface area (Å²) in [5.74, 6) is 0. The number of halogens is 1. The van der Waals surface area contributed by atoms with Gasteiger partial charge in [-0.25, -0.2) is 0 Å². The molecule has 2 aromatic carbocycles. The van der Waals surface area contributed by atoms with E-state index >= 15 is 0 Å². The van der Waals surface area contributed by atoms with Gasteiger partial charge in [-0.3, -0.25) is 0 Å². The maximum Gasteiger partial charge on any atom is 0.0657 e. The van der Waals surface area contributed by atoms with Crippen molar-refractivity contribution in [2.24, 2.45) is 0 Å². The van der Waals surface area contributed by atoms with E-state index in [0.717, 1.165) is 4.47 Å². The average molecular weight is 334 g/mol. The van der Waals surface area contributed by atoms with Crippen LogP contribution in [-0.4, -0.2) is 13.7 Å². The van der Waals surface area contributed by atoms with Gasteiger partial charge in [0.05, 0.1) is 12.6 Å². The normalized spacial score (nSPS) is 13.9. The molecule has 0 bridgehead atoms. The largest absolute Gasteiger partial charge is 0.383 e. The highest BCUT2D eigenvalue weighted by Gasteiger charge is 2.15. The predicted molar refractivity (Wildman–Crippen MR) is 86.8 cm³/mol. The molecule has 106 valence electrons. The third-order valence-electron chi connectivity index (χ3n) is 3.34. The Morgan fingerprint density at radius 2 is 1.75 bits per heavy atom. The molecule has 0 saturated heterocycles. The number of hydrogen-bond acceptors (Lipinski definition) is 2. The van der Waals surface area contributed by atoms with Gasteiger partial charge in [-0.1, -0.05) is 58.4 Å². The Morgan fingerprint density at radius 3 is 2.40 bits per heavy atom. The second-order valence-corrected chi connectivity index (χ2v) is 5.78. The van der Waals surface area contributed by atoms with Crippen molar-refractivity contribution >= 4 is 15.9 Å². The second-order valence-electron chi connectivity index (χ2n) is 4.86. The predicted octanol–water partition coefficient (Wildman–Crippen LogP) is 4.49. The zero-order chi connectivity index (χ0) is 14.4. The van der Waals surface area contributed by atoms with Crippen LogP contribution in [0.3, 0.4) is 0 Å². The van der Waals surface area contributed by atoms with Crippen molar-refractivity contribution in [2.45, 2.75) is 19.0 Å². The Kier molecular flexibility index (Phi) is 5.77. The summed E-state index contributed by atoms with van der Waals surface area (Å²) in [6.07, 6.45) is 0. The number of nitrogens with one attached hydrogen (secondary N) is 1. The monoisotopic (exact) mass is 333 g/mol. The third-order valence-corrected chi connectivity index (χ3v) is 3.83. The van der Waals surface area contributed by atoms with Gasteiger partial charge in [0.15, 0.2) is 0 Å². The minimum atomic E-state index is 0.190. The van der Waals surface area contributed by atoms with E-state index < -0.39 is 0 Å². The van der Waals surface area contributed by atoms with E-state index in [-0.39, 0.29) is 12.1 Å². The standard InChI is InChI=1S/C17H20BrNO/c1-13(15-9-6-10-16(18)11-15)19-17(12-20-2)14-7-4-3-5-8-14/h3-11,13,17,19H,12H2,1-2H3/t13-,17?/m1/s1. The molecule has 1 unspecified atom stereocenters. The van der Waals surface area contributed by atoms with Gasteiger partial charge in [0.1, 0.15) is 0 Å². The van der Waals surface area contributed by atoms with Crippen LogP contribution in [0.25, 0.3) is 0 Å². The lowest BCUT2D eigenvalue weighted by Gasteiger charge is -2.23. The Morgan fingerprint density at radius 1 is 1.05 bits per heavy atom. The van der Waals surface area contributed by atoms with Crippen molar-refractivity contribution in [3.05, 3.63) is 70.2 Å². The van der Waals surface area contributed by atoms with Crippen LogP contribution in [0.15, 0.2) is 59.1 Å². The number of rotatable bonds is 6. The Hall–Kier alpha value is -1.16. The van der Waals surface area contributed by atoms with E-state index in [1.54, 1.807) is 7.11 Å². The quantitative estimate of drug-likeness (QED) is 0.841. The fourth-order valence-corrected chi connectivity index (χ4v) is 2.68. The molecular weight excluding hydrogens is 314 g/mol. The van der Waals surface area contributed by atoms with Gasteiger partial charge in [-0.15, -0.1) is 0 Å². The van der Waals surface area contributed by atoms with Crippen LogP contribution in [0.5, 0.6) is 0 Å². The summed E-state index contributed by atoms with van der Waals surface area (Å²) in [5, 5.41) is 3.63. The highest BCUT2D eigenvalue weighted by Crippen LogP contribution is 2.22. The van der Waals surface area contributed by atoms with Crippen molar-refractivity contribution in [1.29, 1.82) is 0 Å². The summed E-state index contributed by atoms with van der Waals surface area (Å²) in [6, 6.07) is 19.2. The highest BCUT2D eigenvalue weighted by atomic mass is 79.9. The molecule has 1 N–H and O–H groups in total. The number of benzene rings is 2. The molecule has 0 aromatic heterocycles. The maximum atomic E-state index is 5.35. The maximum absolute atomic E-state index is 5.35. The zero-order valence-electron chi connectivity index (χ0n) is 11.8. The van der Waals surface area contributed by atoms with Crippen LogP contribution in [0.2, 0.25) is 0 Å². The molecule has 0 heterocycles. The summed E-state index contributed by atoms with van der Waals surface area (Å²) in [4.78, 5) is 0. The minimum Gasteiger partial charge on any atom is -0.383 e. The smallest absolute Gasteiger partial charge is 0.0657 e. The van der Waals surface area contributed by atoms with Crippen molar-refractivity contribution < 1.29 is 4.74 Å². The zero-order valence-corrected chi connectivity index (χ0v) is 13.4. The lowest BCUT2D eigenvalue weighted by molar-refractivity contribution is 0.162. The van der Waals surface area contributed by atoms with Crippen LogP contribution in [0.1, 0.15) is 30.1 Å². The molecule has 20 heavy (non-hydrogen) atoms. The highest BCUT2D eigenvalue weighted by molar-refractivity contribution is 9.10. The van der Waals surface area contributed by atoms with Gasteiger partial charge in [-0.2, -0.15) is 0 Å². The van der Waals surface area contributed by atoms with Gasteiger partial charge in [0.25, 0.3) is 0 Å². The van der Waals surface area contributed by atoms with E-state index in [0.29, 0.717) is 6.61 Å². The van der Waals surface area contributed by atoms with Crippen molar-refractivity contribution in [1.82, 2.24) is 5.32 Å². The summed E-state index contributed by atoms with van der Waals surface area (Å²) in [5.41, 5.74) is 2.51. The molecule has 0 fully saturated rings. The van der Waals surface area contributed by atoms with Crippen molar-refractivity contribution in [3.8, 4) is 0 Å². The van der Waals surface area contributed by atoms with Gasteiger partial charge < -0.3 is 10.1 Å². The van der Waals surface area contributed by atoms with Crippen LogP contribution in [-0.2, 0) is 4.74 Å². The first kappa shape index (κ1) is 15.2. The summed E-state index contributed by atoms with van der Waals surface area (Å²) >= 11 is 3.52. The fraction of sp³-hybridized carbons (Fsp3) is 0.294. The molecule has 0 aliphatic rings. The molecule has 0 aliphatic carbocycles. The first-order valence-electron chi connectivity index (χ1n) is 6.76. The van der Waals surface area contributed by atoms with Crippen molar-refractivity contribution in [2.75, 3.05) is 13.7 Å². The van der Waals surface area contributed by atoms with E-state index in [1.165, 1.54) is 11.1 Å². The summed E-state index contributed by atoms with van der Waals surface area (Å²) < 4.78 is 6.45. The number of hydrogen-bond donors (Lipinski definition) is 1. The molecule has 0 spiro atoms. The molecular formula is C17H20BrNO. The number of methoxy groups -OCH3 is 1. The van der Waals surface area contributed by atoms with Gasteiger partial charge in [0.2, 0.25) is 0 Å². The molecule has 3 heteroatoms. The van der Waals surface area contributed by atoms with Gasteiger partial charge in [0, 0.05) is 17.6 Å². The van der Waals surface area contributed by atoms with Crippen LogP contribution in [0, 0.1) is 0 Å². The second kappa shape index (κ2) is 7.58. The van der Waals surface area contributed by atoms with E-state index in [9.17, 15) is 0 Å². The molecule has 2 rings (SSSR count). The van der Waals surface area contributed by atoms with Crippen LogP contribution >= 0.6 is 15.9 Å². The molecule has 2 aromatic rings. The van der Waals surface area contributed by atoms with E-state index in [4.69, 9.17) is 4.74 Å². The summed E-state index contributed by atoms with van der Waals surface area (Å²) in [7, 11) is 1.74. The molecule has 2 nitrogen and oxygen atoms in total. The van der Waals surface area contributed by atoms with Crippen LogP contribution < -0.4 is 5.32 Å². The van der Waals surface area contributed by atoms with Crippen LogP contribution in [0.4, 0.5) is 0 Å². The van der Waals surface area contributed by atoms with E-state index in [1.807, 2.05) is 12.1 Å². The number of ether oxygens (including phenoxy) is 1. The molecule has 2 atom stereocenters. The SMILES string of the molecule is COCC(N[C@H](C)c1cccc(Br)c1)c1ccccc1. The topological polar surface area (TPSA) is 21.3 Å². The average Bonchev–Trinajstić information content (AvgIpc) is 2.47. The van der Waals surface area contributed by atoms with Gasteiger partial charge >= 0.3 is 0 Å². The third kappa shape index (κ3) is 4.17. The minimum absolute atomic E-state index is 0.190. The first-order chi connectivity index (χ1) is 9.70. The van der Waals surface area contributed by atoms with E-state index in [2.05, 4.69) is 70.6 Å². The molecule has 0 amide bonds. The van der Waals surface area contributed by atoms with Gasteiger partial charge in [-0.05, 0) is 30.2 Å². The summed E-state index contributed by atoms with van der Waals surface area (Å²) in [6.45, 7) is 2.83. The lowest BCUT2D eigenvalue weighted by Crippen LogP contribution is -2.28. The first-order valence-corrected chi connectivity index (χ1v) is 7.55. The van der Waals surface area contributed by atoms with Crippen molar-refractivity contribution in [3.63, 3.8) is 0 Å². The molecule has 0 radical (unpaired) electrons. The fourth-order valence-electron chi connectivity index (χ4n) is 2.27. The Labute approximate surface area is 129 Å². The lowest BCUT2D eigenvalue weighted by atomic mass is 10.0. The Balaban J connectivity index is 2.12. The molecule has 0 saturated carbocycles.